The van der Waals surface area contributed by atoms with Crippen molar-refractivity contribution in [1.29, 1.82) is 0 Å². The molecule has 0 saturated heterocycles. The zero-order chi connectivity index (χ0) is 13.9. The monoisotopic (exact) mass is 294 g/mol. The average molecular weight is 294 g/mol. The largest absolute Gasteiger partial charge is 0.308 e. The summed E-state index contributed by atoms with van der Waals surface area (Å²) in [7, 11) is 0. The summed E-state index contributed by atoms with van der Waals surface area (Å²) in [5.41, 5.74) is 1.34. The Balaban J connectivity index is 1.83. The number of nitrogens with zero attached hydrogens (tertiary/aromatic N) is 1. The van der Waals surface area contributed by atoms with Gasteiger partial charge in [-0.1, -0.05) is 26.8 Å². The van der Waals surface area contributed by atoms with Crippen molar-refractivity contribution in [3.05, 3.63) is 38.5 Å². The molecule has 2 heterocycles. The first-order valence-electron chi connectivity index (χ1n) is 6.66. The van der Waals surface area contributed by atoms with Gasteiger partial charge in [-0.25, -0.2) is 4.98 Å². The normalized spacial score (nSPS) is 13.7. The highest BCUT2D eigenvalue weighted by Crippen LogP contribution is 2.23. The number of hydrogen-bond donors (Lipinski definition) is 1. The Morgan fingerprint density at radius 1 is 1.32 bits per heavy atom. The second-order valence-corrected chi connectivity index (χ2v) is 7.92. The number of aromatic nitrogens is 1. The van der Waals surface area contributed by atoms with Crippen LogP contribution in [0.15, 0.2) is 22.9 Å². The molecular weight excluding hydrogens is 272 g/mol. The van der Waals surface area contributed by atoms with Crippen LogP contribution in [0.5, 0.6) is 0 Å². The summed E-state index contributed by atoms with van der Waals surface area (Å²) >= 11 is 3.58. The van der Waals surface area contributed by atoms with Crippen molar-refractivity contribution in [2.45, 2.75) is 52.1 Å². The standard InChI is InChI=1S/C15H22N2S2/c1-11(8-12-6-5-7-18-12)16-9-14-17-13(10-19-14)15(2,3)4/h5-7,10-11,16H,8-9H2,1-4H3. The van der Waals surface area contributed by atoms with Gasteiger partial charge in [-0.15, -0.1) is 22.7 Å². The second kappa shape index (κ2) is 6.16. The molecule has 0 aromatic carbocycles. The number of thiophene rings is 1. The third-order valence-electron chi connectivity index (χ3n) is 3.01. The molecule has 19 heavy (non-hydrogen) atoms. The van der Waals surface area contributed by atoms with Crippen LogP contribution in [0.3, 0.4) is 0 Å². The van der Waals surface area contributed by atoms with E-state index in [1.165, 1.54) is 15.6 Å². The minimum atomic E-state index is 0.150. The topological polar surface area (TPSA) is 24.9 Å². The molecule has 2 aromatic rings. The Morgan fingerprint density at radius 2 is 2.11 bits per heavy atom. The SMILES string of the molecule is CC(Cc1cccs1)NCc1nc(C(C)(C)C)cs1. The summed E-state index contributed by atoms with van der Waals surface area (Å²) in [5.74, 6) is 0. The predicted octanol–water partition coefficient (Wildman–Crippen LogP) is 4.22. The number of nitrogens with one attached hydrogen (secondary N) is 1. The van der Waals surface area contributed by atoms with Gasteiger partial charge >= 0.3 is 0 Å². The molecule has 1 N–H and O–H groups in total. The Hall–Kier alpha value is -0.710. The molecule has 0 radical (unpaired) electrons. The van der Waals surface area contributed by atoms with E-state index in [1.54, 1.807) is 11.3 Å². The third-order valence-corrected chi connectivity index (χ3v) is 4.76. The summed E-state index contributed by atoms with van der Waals surface area (Å²) in [6.45, 7) is 9.72. The molecule has 2 nitrogen and oxygen atoms in total. The molecule has 0 aliphatic rings. The Bertz CT molecular complexity index is 494. The summed E-state index contributed by atoms with van der Waals surface area (Å²) < 4.78 is 0. The molecule has 1 atom stereocenters. The quantitative estimate of drug-likeness (QED) is 0.893. The van der Waals surface area contributed by atoms with E-state index < -0.39 is 0 Å². The van der Waals surface area contributed by atoms with Gasteiger partial charge in [0.2, 0.25) is 0 Å². The maximum Gasteiger partial charge on any atom is 0.107 e. The van der Waals surface area contributed by atoms with Crippen LogP contribution in [0.2, 0.25) is 0 Å². The van der Waals surface area contributed by atoms with Crippen LogP contribution in [-0.2, 0) is 18.4 Å². The van der Waals surface area contributed by atoms with Crippen LogP contribution in [-0.4, -0.2) is 11.0 Å². The van der Waals surface area contributed by atoms with E-state index in [4.69, 9.17) is 4.98 Å². The molecular formula is C15H22N2S2. The molecule has 104 valence electrons. The predicted molar refractivity (Wildman–Crippen MR) is 85.1 cm³/mol. The van der Waals surface area contributed by atoms with Crippen molar-refractivity contribution in [2.75, 3.05) is 0 Å². The molecule has 0 amide bonds. The fourth-order valence-electron chi connectivity index (χ4n) is 1.80. The fourth-order valence-corrected chi connectivity index (χ4v) is 3.61. The highest BCUT2D eigenvalue weighted by atomic mass is 32.1. The van der Waals surface area contributed by atoms with E-state index in [-0.39, 0.29) is 5.41 Å². The first kappa shape index (κ1) is 14.7. The lowest BCUT2D eigenvalue weighted by Gasteiger charge is -2.14. The molecule has 0 aliphatic heterocycles. The van der Waals surface area contributed by atoms with E-state index in [1.807, 2.05) is 11.3 Å². The lowest BCUT2D eigenvalue weighted by Crippen LogP contribution is -2.27. The smallest absolute Gasteiger partial charge is 0.107 e. The van der Waals surface area contributed by atoms with Gasteiger partial charge in [0.05, 0.1) is 5.69 Å². The van der Waals surface area contributed by atoms with E-state index in [0.29, 0.717) is 6.04 Å². The summed E-state index contributed by atoms with van der Waals surface area (Å²) in [6, 6.07) is 4.80. The third kappa shape index (κ3) is 4.41. The number of thiazole rings is 1. The Kier molecular flexibility index (Phi) is 4.76. The average Bonchev–Trinajstić information content (AvgIpc) is 2.95. The maximum atomic E-state index is 4.71. The fraction of sp³-hybridized carbons (Fsp3) is 0.533. The molecule has 1 unspecified atom stereocenters. The van der Waals surface area contributed by atoms with Crippen LogP contribution < -0.4 is 5.32 Å². The van der Waals surface area contributed by atoms with Gasteiger partial charge in [0, 0.05) is 28.3 Å². The second-order valence-electron chi connectivity index (χ2n) is 5.94. The van der Waals surface area contributed by atoms with Crippen molar-refractivity contribution in [3.8, 4) is 0 Å². The Morgan fingerprint density at radius 3 is 2.68 bits per heavy atom. The minimum absolute atomic E-state index is 0.150. The lowest BCUT2D eigenvalue weighted by atomic mass is 9.93. The molecule has 0 saturated carbocycles. The highest BCUT2D eigenvalue weighted by molar-refractivity contribution is 7.10. The van der Waals surface area contributed by atoms with E-state index in [9.17, 15) is 0 Å². The van der Waals surface area contributed by atoms with Gasteiger partial charge in [0.25, 0.3) is 0 Å². The first-order chi connectivity index (χ1) is 8.95. The van der Waals surface area contributed by atoms with Crippen molar-refractivity contribution >= 4 is 22.7 Å². The molecule has 0 fully saturated rings. The van der Waals surface area contributed by atoms with Gasteiger partial charge < -0.3 is 5.32 Å². The van der Waals surface area contributed by atoms with Crippen LogP contribution in [0.25, 0.3) is 0 Å². The first-order valence-corrected chi connectivity index (χ1v) is 8.42. The minimum Gasteiger partial charge on any atom is -0.308 e. The summed E-state index contributed by atoms with van der Waals surface area (Å²) in [5, 5.41) is 9.06. The van der Waals surface area contributed by atoms with Crippen molar-refractivity contribution in [2.24, 2.45) is 0 Å². The van der Waals surface area contributed by atoms with E-state index in [0.717, 1.165) is 13.0 Å². The van der Waals surface area contributed by atoms with Gasteiger partial charge in [0.15, 0.2) is 0 Å². The zero-order valence-electron chi connectivity index (χ0n) is 12.1. The molecule has 0 bridgehead atoms. The molecule has 0 spiro atoms. The number of rotatable bonds is 5. The van der Waals surface area contributed by atoms with Crippen molar-refractivity contribution in [3.63, 3.8) is 0 Å². The molecule has 2 aromatic heterocycles. The molecule has 2 rings (SSSR count). The van der Waals surface area contributed by atoms with E-state index in [2.05, 4.69) is 55.9 Å². The van der Waals surface area contributed by atoms with Gasteiger partial charge in [0.1, 0.15) is 5.01 Å². The zero-order valence-corrected chi connectivity index (χ0v) is 13.7. The van der Waals surface area contributed by atoms with Crippen LogP contribution in [0.4, 0.5) is 0 Å². The summed E-state index contributed by atoms with van der Waals surface area (Å²) in [6.07, 6.45) is 1.09. The number of hydrogen-bond acceptors (Lipinski definition) is 4. The van der Waals surface area contributed by atoms with Gasteiger partial charge in [-0.05, 0) is 24.8 Å². The van der Waals surface area contributed by atoms with Crippen molar-refractivity contribution in [1.82, 2.24) is 10.3 Å². The summed E-state index contributed by atoms with van der Waals surface area (Å²) in [4.78, 5) is 6.15. The van der Waals surface area contributed by atoms with Crippen LogP contribution in [0, 0.1) is 0 Å². The van der Waals surface area contributed by atoms with Gasteiger partial charge in [-0.2, -0.15) is 0 Å². The molecule has 0 aliphatic carbocycles. The van der Waals surface area contributed by atoms with Crippen molar-refractivity contribution < 1.29 is 0 Å². The highest BCUT2D eigenvalue weighted by Gasteiger charge is 2.17. The van der Waals surface area contributed by atoms with Gasteiger partial charge in [-0.3, -0.25) is 0 Å². The van der Waals surface area contributed by atoms with E-state index >= 15 is 0 Å². The molecule has 4 heteroatoms. The van der Waals surface area contributed by atoms with Crippen LogP contribution >= 0.6 is 22.7 Å². The maximum absolute atomic E-state index is 4.71. The van der Waals surface area contributed by atoms with Crippen LogP contribution in [0.1, 0.15) is 43.3 Å². The Labute approximate surface area is 123 Å². The lowest BCUT2D eigenvalue weighted by molar-refractivity contribution is 0.539.